The third kappa shape index (κ3) is 6.80. The smallest absolute Gasteiger partial charge is 0.161 e. The molecular weight excluding hydrogens is 270 g/mol. The Labute approximate surface area is 127 Å². The van der Waals surface area contributed by atoms with E-state index in [4.69, 9.17) is 14.2 Å². The van der Waals surface area contributed by atoms with E-state index in [0.717, 1.165) is 5.56 Å². The minimum absolute atomic E-state index is 0.232. The fraction of sp³-hybridized carbons (Fsp3) is 0.625. The molecule has 1 aromatic carbocycles. The number of nitrogens with one attached hydrogen (secondary N) is 1. The molecule has 0 aromatic heterocycles. The minimum Gasteiger partial charge on any atom is -0.493 e. The molecule has 0 saturated carbocycles. The summed E-state index contributed by atoms with van der Waals surface area (Å²) in [6.45, 7) is 7.35. The van der Waals surface area contributed by atoms with E-state index in [9.17, 15) is 5.11 Å². The molecule has 0 amide bonds. The first kappa shape index (κ1) is 17.8. The monoisotopic (exact) mass is 297 g/mol. The Morgan fingerprint density at radius 1 is 1.14 bits per heavy atom. The first-order valence-electron chi connectivity index (χ1n) is 7.09. The van der Waals surface area contributed by atoms with Gasteiger partial charge >= 0.3 is 0 Å². The molecule has 120 valence electrons. The van der Waals surface area contributed by atoms with Crippen LogP contribution >= 0.6 is 0 Å². The standard InChI is InChI=1S/C16H27NO4/c1-16(2,3)21-11-13(18)10-17-9-12-6-7-14(19-4)15(8-12)20-5/h6-8,13,17-18H,9-11H2,1-5H3. The van der Waals surface area contributed by atoms with Crippen LogP contribution in [-0.2, 0) is 11.3 Å². The van der Waals surface area contributed by atoms with Gasteiger partial charge in [-0.25, -0.2) is 0 Å². The molecule has 0 fully saturated rings. The van der Waals surface area contributed by atoms with Gasteiger partial charge in [-0.15, -0.1) is 0 Å². The fourth-order valence-electron chi connectivity index (χ4n) is 1.78. The Balaban J connectivity index is 2.38. The zero-order chi connectivity index (χ0) is 15.9. The summed E-state index contributed by atoms with van der Waals surface area (Å²) in [5.74, 6) is 1.41. The fourth-order valence-corrected chi connectivity index (χ4v) is 1.78. The van der Waals surface area contributed by atoms with Crippen LogP contribution in [0.15, 0.2) is 18.2 Å². The Hall–Kier alpha value is -1.30. The molecule has 0 bridgehead atoms. The molecule has 0 saturated heterocycles. The summed E-state index contributed by atoms with van der Waals surface area (Å²) >= 11 is 0. The number of ether oxygens (including phenoxy) is 3. The second-order valence-corrected chi connectivity index (χ2v) is 5.90. The average molecular weight is 297 g/mol. The summed E-state index contributed by atoms with van der Waals surface area (Å²) in [5.41, 5.74) is 0.834. The quantitative estimate of drug-likeness (QED) is 0.768. The third-order valence-corrected chi connectivity index (χ3v) is 2.87. The van der Waals surface area contributed by atoms with Crippen molar-refractivity contribution in [1.29, 1.82) is 0 Å². The van der Waals surface area contributed by atoms with Crippen molar-refractivity contribution in [2.24, 2.45) is 0 Å². The molecular formula is C16H27NO4. The zero-order valence-electron chi connectivity index (χ0n) is 13.6. The van der Waals surface area contributed by atoms with Crippen LogP contribution in [0.2, 0.25) is 0 Å². The summed E-state index contributed by atoms with van der Waals surface area (Å²) in [5, 5.41) is 13.0. The molecule has 21 heavy (non-hydrogen) atoms. The number of methoxy groups -OCH3 is 2. The van der Waals surface area contributed by atoms with Gasteiger partial charge in [0.05, 0.1) is 32.5 Å². The summed E-state index contributed by atoms with van der Waals surface area (Å²) < 4.78 is 16.0. The molecule has 0 aliphatic heterocycles. The normalized spacial score (nSPS) is 13.0. The number of aliphatic hydroxyl groups excluding tert-OH is 1. The van der Waals surface area contributed by atoms with Gasteiger partial charge < -0.3 is 24.6 Å². The van der Waals surface area contributed by atoms with Gasteiger partial charge in [-0.1, -0.05) is 6.07 Å². The van der Waals surface area contributed by atoms with Crippen LogP contribution in [-0.4, -0.2) is 44.2 Å². The first-order chi connectivity index (χ1) is 9.85. The maximum atomic E-state index is 9.84. The maximum absolute atomic E-state index is 9.84. The van der Waals surface area contributed by atoms with Crippen LogP contribution < -0.4 is 14.8 Å². The van der Waals surface area contributed by atoms with E-state index in [1.165, 1.54) is 0 Å². The first-order valence-corrected chi connectivity index (χ1v) is 7.09. The SMILES string of the molecule is COc1ccc(CNCC(O)COC(C)(C)C)cc1OC. The summed E-state index contributed by atoms with van der Waals surface area (Å²) in [6, 6.07) is 5.76. The van der Waals surface area contributed by atoms with Crippen molar-refractivity contribution < 1.29 is 19.3 Å². The van der Waals surface area contributed by atoms with Crippen molar-refractivity contribution in [1.82, 2.24) is 5.32 Å². The topological polar surface area (TPSA) is 60.0 Å². The highest BCUT2D eigenvalue weighted by atomic mass is 16.5. The van der Waals surface area contributed by atoms with Gasteiger partial charge in [0.25, 0.3) is 0 Å². The molecule has 0 spiro atoms. The second-order valence-electron chi connectivity index (χ2n) is 5.90. The molecule has 0 radical (unpaired) electrons. The van der Waals surface area contributed by atoms with Crippen LogP contribution in [0.1, 0.15) is 26.3 Å². The molecule has 1 rings (SSSR count). The van der Waals surface area contributed by atoms with Crippen LogP contribution in [0.3, 0.4) is 0 Å². The maximum Gasteiger partial charge on any atom is 0.161 e. The third-order valence-electron chi connectivity index (χ3n) is 2.87. The average Bonchev–Trinajstić information content (AvgIpc) is 2.44. The zero-order valence-corrected chi connectivity index (χ0v) is 13.6. The minimum atomic E-state index is -0.524. The Morgan fingerprint density at radius 3 is 2.38 bits per heavy atom. The van der Waals surface area contributed by atoms with Gasteiger partial charge in [0, 0.05) is 13.1 Å². The molecule has 0 heterocycles. The summed E-state index contributed by atoms with van der Waals surface area (Å²) in [7, 11) is 3.23. The lowest BCUT2D eigenvalue weighted by Gasteiger charge is -2.22. The van der Waals surface area contributed by atoms with E-state index >= 15 is 0 Å². The molecule has 1 unspecified atom stereocenters. The summed E-state index contributed by atoms with van der Waals surface area (Å²) in [6.07, 6.45) is -0.524. The molecule has 1 aromatic rings. The lowest BCUT2D eigenvalue weighted by molar-refractivity contribution is -0.0479. The van der Waals surface area contributed by atoms with Crippen molar-refractivity contribution in [3.05, 3.63) is 23.8 Å². The molecule has 2 N–H and O–H groups in total. The van der Waals surface area contributed by atoms with Crippen molar-refractivity contribution in [3.8, 4) is 11.5 Å². The highest BCUT2D eigenvalue weighted by Crippen LogP contribution is 2.27. The predicted molar refractivity (Wildman–Crippen MR) is 83.0 cm³/mol. The van der Waals surface area contributed by atoms with Gasteiger partial charge in [-0.2, -0.15) is 0 Å². The van der Waals surface area contributed by atoms with Crippen molar-refractivity contribution in [2.75, 3.05) is 27.4 Å². The highest BCUT2D eigenvalue weighted by molar-refractivity contribution is 5.42. The van der Waals surface area contributed by atoms with Gasteiger partial charge in [-0.05, 0) is 38.5 Å². The lowest BCUT2D eigenvalue weighted by Crippen LogP contribution is -2.33. The van der Waals surface area contributed by atoms with Crippen molar-refractivity contribution in [2.45, 2.75) is 39.0 Å². The molecule has 0 aliphatic rings. The van der Waals surface area contributed by atoms with Crippen LogP contribution in [0, 0.1) is 0 Å². The lowest BCUT2D eigenvalue weighted by atomic mass is 10.2. The number of hydrogen-bond acceptors (Lipinski definition) is 5. The largest absolute Gasteiger partial charge is 0.493 e. The predicted octanol–water partition coefficient (Wildman–Crippen LogP) is 1.97. The Bertz CT molecular complexity index is 429. The molecule has 0 aliphatic carbocycles. The molecule has 5 heteroatoms. The van der Waals surface area contributed by atoms with Crippen LogP contribution in [0.4, 0.5) is 0 Å². The number of aliphatic hydroxyl groups is 1. The van der Waals surface area contributed by atoms with E-state index in [2.05, 4.69) is 5.32 Å². The number of hydrogen-bond donors (Lipinski definition) is 2. The number of benzene rings is 1. The van der Waals surface area contributed by atoms with Gasteiger partial charge in [0.2, 0.25) is 0 Å². The Kier molecular flexibility index (Phi) is 6.95. The van der Waals surface area contributed by atoms with Crippen LogP contribution in [0.5, 0.6) is 11.5 Å². The Morgan fingerprint density at radius 2 is 1.81 bits per heavy atom. The van der Waals surface area contributed by atoms with E-state index in [-0.39, 0.29) is 5.60 Å². The van der Waals surface area contributed by atoms with Gasteiger partial charge in [0.15, 0.2) is 11.5 Å². The summed E-state index contributed by atoms with van der Waals surface area (Å²) in [4.78, 5) is 0. The van der Waals surface area contributed by atoms with Gasteiger partial charge in [-0.3, -0.25) is 0 Å². The van der Waals surface area contributed by atoms with E-state index < -0.39 is 6.10 Å². The van der Waals surface area contributed by atoms with Crippen molar-refractivity contribution >= 4 is 0 Å². The van der Waals surface area contributed by atoms with E-state index in [0.29, 0.717) is 31.2 Å². The van der Waals surface area contributed by atoms with Crippen molar-refractivity contribution in [3.63, 3.8) is 0 Å². The highest BCUT2D eigenvalue weighted by Gasteiger charge is 2.13. The number of rotatable bonds is 8. The molecule has 1 atom stereocenters. The van der Waals surface area contributed by atoms with Gasteiger partial charge in [0.1, 0.15) is 0 Å². The second kappa shape index (κ2) is 8.22. The van der Waals surface area contributed by atoms with E-state index in [1.807, 2.05) is 39.0 Å². The van der Waals surface area contributed by atoms with Crippen LogP contribution in [0.25, 0.3) is 0 Å². The molecule has 5 nitrogen and oxygen atoms in total. The van der Waals surface area contributed by atoms with E-state index in [1.54, 1.807) is 14.2 Å².